The van der Waals surface area contributed by atoms with Crippen LogP contribution in [-0.2, 0) is 6.54 Å². The van der Waals surface area contributed by atoms with E-state index in [-0.39, 0.29) is 5.88 Å². The van der Waals surface area contributed by atoms with Gasteiger partial charge in [-0.15, -0.1) is 17.1 Å². The van der Waals surface area contributed by atoms with Crippen LogP contribution in [0.1, 0.15) is 11.8 Å². The Morgan fingerprint density at radius 1 is 0.927 bits per heavy atom. The number of allylic oxidation sites excluding steroid dienone is 4. The van der Waals surface area contributed by atoms with E-state index in [0.29, 0.717) is 22.0 Å². The third-order valence-electron chi connectivity index (χ3n) is 6.91. The standard InChI is InChI=1S/C34H28N2O2S3/c1-2-35-28-21-20-25-13-8-10-16-27(25)32(28)41-31(35)19-6-4-3-5-18-30-33(37)36(34(39)40-30)22-23-38-29-17-11-14-24-12-7-9-15-26(24)29/h3-4,6-21,37H,2,22-23H2,1H3. The third-order valence-corrected chi connectivity index (χ3v) is 9.50. The zero-order valence-corrected chi connectivity index (χ0v) is 24.9. The van der Waals surface area contributed by atoms with Crippen molar-refractivity contribution in [3.63, 3.8) is 0 Å². The van der Waals surface area contributed by atoms with Crippen LogP contribution in [0.15, 0.2) is 119 Å². The van der Waals surface area contributed by atoms with Gasteiger partial charge in [0.2, 0.25) is 5.88 Å². The van der Waals surface area contributed by atoms with E-state index < -0.39 is 0 Å². The molecule has 0 aliphatic carbocycles. The normalized spacial score (nSPS) is 13.7. The molecule has 0 fully saturated rings. The number of anilines is 1. The summed E-state index contributed by atoms with van der Waals surface area (Å²) in [6, 6.07) is 27.1. The zero-order chi connectivity index (χ0) is 28.2. The van der Waals surface area contributed by atoms with E-state index in [4.69, 9.17) is 17.0 Å². The van der Waals surface area contributed by atoms with Gasteiger partial charge in [-0.2, -0.15) is 0 Å². The maximum absolute atomic E-state index is 10.8. The molecule has 6 rings (SSSR count). The first-order valence-electron chi connectivity index (χ1n) is 13.4. The summed E-state index contributed by atoms with van der Waals surface area (Å²) >= 11 is 8.68. The Hall–Kier alpha value is -4.00. The molecule has 0 unspecified atom stereocenters. The van der Waals surface area contributed by atoms with Crippen molar-refractivity contribution < 1.29 is 9.84 Å². The predicted octanol–water partition coefficient (Wildman–Crippen LogP) is 9.57. The number of aromatic nitrogens is 1. The van der Waals surface area contributed by atoms with E-state index in [1.165, 1.54) is 37.7 Å². The van der Waals surface area contributed by atoms with Gasteiger partial charge in [-0.25, -0.2) is 0 Å². The van der Waals surface area contributed by atoms with Crippen LogP contribution >= 0.6 is 35.3 Å². The summed E-state index contributed by atoms with van der Waals surface area (Å²) in [5, 5.41) is 16.7. The molecule has 0 atom stereocenters. The lowest BCUT2D eigenvalue weighted by atomic mass is 10.1. The molecule has 0 saturated carbocycles. The molecule has 4 aromatic carbocycles. The highest BCUT2D eigenvalue weighted by Crippen LogP contribution is 2.49. The molecule has 41 heavy (non-hydrogen) atoms. The molecule has 0 saturated heterocycles. The molecule has 7 heteroatoms. The first-order valence-corrected chi connectivity index (χ1v) is 15.5. The summed E-state index contributed by atoms with van der Waals surface area (Å²) < 4.78 is 8.35. The van der Waals surface area contributed by atoms with E-state index in [2.05, 4.69) is 72.2 Å². The smallest absolute Gasteiger partial charge is 0.211 e. The maximum atomic E-state index is 10.8. The molecule has 4 nitrogen and oxygen atoms in total. The van der Waals surface area contributed by atoms with Gasteiger partial charge in [0.05, 0.1) is 22.1 Å². The van der Waals surface area contributed by atoms with Crippen molar-refractivity contribution in [2.24, 2.45) is 0 Å². The molecule has 1 N–H and O–H groups in total. The van der Waals surface area contributed by atoms with Crippen LogP contribution in [0.2, 0.25) is 0 Å². The molecule has 0 radical (unpaired) electrons. The second-order valence-corrected chi connectivity index (χ2v) is 12.1. The SMILES string of the molecule is CCN1C(=CC=CC=C=Cc2sc(=S)n(CCOc3cccc4ccccc34)c2O)Sc2c1ccc1ccccc21. The highest BCUT2D eigenvalue weighted by atomic mass is 32.2. The van der Waals surface area contributed by atoms with Gasteiger partial charge in [0, 0.05) is 22.9 Å². The van der Waals surface area contributed by atoms with Gasteiger partial charge >= 0.3 is 0 Å². The second kappa shape index (κ2) is 12.2. The van der Waals surface area contributed by atoms with E-state index in [1.54, 1.807) is 10.6 Å². The molecule has 204 valence electrons. The van der Waals surface area contributed by atoms with Crippen molar-refractivity contribution in [1.29, 1.82) is 0 Å². The number of hydrogen-bond acceptors (Lipinski definition) is 6. The van der Waals surface area contributed by atoms with Crippen molar-refractivity contribution >= 4 is 68.6 Å². The highest BCUT2D eigenvalue weighted by molar-refractivity contribution is 8.04. The minimum absolute atomic E-state index is 0.138. The Morgan fingerprint density at radius 3 is 2.51 bits per heavy atom. The van der Waals surface area contributed by atoms with Crippen LogP contribution in [0.3, 0.4) is 0 Å². The number of aromatic hydroxyl groups is 1. The van der Waals surface area contributed by atoms with Gasteiger partial charge in [0.25, 0.3) is 0 Å². The second-order valence-electron chi connectivity index (χ2n) is 9.38. The van der Waals surface area contributed by atoms with E-state index in [0.717, 1.165) is 23.1 Å². The van der Waals surface area contributed by atoms with Crippen molar-refractivity contribution in [2.45, 2.75) is 18.4 Å². The summed E-state index contributed by atoms with van der Waals surface area (Å²) in [6.45, 7) is 3.93. The van der Waals surface area contributed by atoms with E-state index in [1.807, 2.05) is 60.3 Å². The van der Waals surface area contributed by atoms with Gasteiger partial charge < -0.3 is 14.7 Å². The Kier molecular flexibility index (Phi) is 8.12. The van der Waals surface area contributed by atoms with Crippen LogP contribution < -0.4 is 9.64 Å². The Balaban J connectivity index is 1.11. The van der Waals surface area contributed by atoms with Crippen LogP contribution in [0.4, 0.5) is 5.69 Å². The Bertz CT molecular complexity index is 1920. The molecule has 2 heterocycles. The summed E-state index contributed by atoms with van der Waals surface area (Å²) in [6.07, 6.45) is 9.71. The van der Waals surface area contributed by atoms with Crippen molar-refractivity contribution in [1.82, 2.24) is 4.57 Å². The highest BCUT2D eigenvalue weighted by Gasteiger charge is 2.25. The monoisotopic (exact) mass is 592 g/mol. The third kappa shape index (κ3) is 5.63. The van der Waals surface area contributed by atoms with Gasteiger partial charge in [0.15, 0.2) is 3.95 Å². The number of thiazole rings is 1. The van der Waals surface area contributed by atoms with E-state index >= 15 is 0 Å². The number of thioether (sulfide) groups is 1. The molecule has 0 spiro atoms. The molecule has 0 bridgehead atoms. The molecular weight excluding hydrogens is 565 g/mol. The quantitative estimate of drug-likeness (QED) is 0.110. The van der Waals surface area contributed by atoms with Gasteiger partial charge in [0.1, 0.15) is 12.4 Å². The number of benzene rings is 4. The molecule has 1 aliphatic heterocycles. The predicted molar refractivity (Wildman–Crippen MR) is 177 cm³/mol. The minimum Gasteiger partial charge on any atom is -0.493 e. The maximum Gasteiger partial charge on any atom is 0.211 e. The average molecular weight is 593 g/mol. The lowest BCUT2D eigenvalue weighted by Crippen LogP contribution is -2.16. The Morgan fingerprint density at radius 2 is 1.68 bits per heavy atom. The lowest BCUT2D eigenvalue weighted by molar-refractivity contribution is 0.290. The Labute approximate surface area is 252 Å². The van der Waals surface area contributed by atoms with Crippen molar-refractivity contribution in [2.75, 3.05) is 18.1 Å². The van der Waals surface area contributed by atoms with E-state index in [9.17, 15) is 5.11 Å². The number of rotatable bonds is 8. The van der Waals surface area contributed by atoms with Crippen LogP contribution in [-0.4, -0.2) is 22.8 Å². The van der Waals surface area contributed by atoms with Crippen molar-refractivity contribution in [3.8, 4) is 11.6 Å². The zero-order valence-electron chi connectivity index (χ0n) is 22.5. The van der Waals surface area contributed by atoms with Crippen LogP contribution in [0, 0.1) is 3.95 Å². The minimum atomic E-state index is 0.138. The van der Waals surface area contributed by atoms with Crippen LogP contribution in [0.25, 0.3) is 27.6 Å². The molecule has 1 aromatic heterocycles. The van der Waals surface area contributed by atoms with Gasteiger partial charge in [-0.05, 0) is 59.6 Å². The molecule has 0 amide bonds. The number of nitrogens with zero attached hydrogens (tertiary/aromatic N) is 2. The lowest BCUT2D eigenvalue weighted by Gasteiger charge is -2.17. The largest absolute Gasteiger partial charge is 0.493 e. The average Bonchev–Trinajstić information content (AvgIpc) is 3.50. The first-order chi connectivity index (χ1) is 20.1. The molecule has 1 aliphatic rings. The fourth-order valence-corrected chi connectivity index (χ4v) is 7.45. The van der Waals surface area contributed by atoms with Crippen LogP contribution in [0.5, 0.6) is 11.6 Å². The summed E-state index contributed by atoms with van der Waals surface area (Å²) in [5.41, 5.74) is 4.41. The summed E-state index contributed by atoms with van der Waals surface area (Å²) in [7, 11) is 0. The number of hydrogen-bond donors (Lipinski definition) is 1. The van der Waals surface area contributed by atoms with Gasteiger partial charge in [-0.3, -0.25) is 4.57 Å². The topological polar surface area (TPSA) is 37.6 Å². The van der Waals surface area contributed by atoms with Crippen molar-refractivity contribution in [3.05, 3.63) is 123 Å². The first kappa shape index (κ1) is 27.2. The fourth-order valence-electron chi connectivity index (χ4n) is 4.93. The molecular formula is C34H28N2O2S3. The number of fused-ring (bicyclic) bond motifs is 4. The summed E-state index contributed by atoms with van der Waals surface area (Å²) in [4.78, 5) is 4.33. The fraction of sp³-hybridized carbons (Fsp3) is 0.118. The number of ether oxygens (including phenoxy) is 1. The molecule has 5 aromatic rings. The van der Waals surface area contributed by atoms with Gasteiger partial charge in [-0.1, -0.05) is 90.6 Å². The summed E-state index contributed by atoms with van der Waals surface area (Å²) in [5.74, 6) is 0.962.